The molecule has 3 N–H and O–H groups in total. The van der Waals surface area contributed by atoms with Crippen LogP contribution in [0.25, 0.3) is 0 Å². The third-order valence-electron chi connectivity index (χ3n) is 3.58. The lowest BCUT2D eigenvalue weighted by Gasteiger charge is -2.19. The van der Waals surface area contributed by atoms with E-state index in [1.165, 1.54) is 12.8 Å². The van der Waals surface area contributed by atoms with E-state index in [2.05, 4.69) is 9.69 Å². The molecule has 1 aliphatic heterocycles. The predicted octanol–water partition coefficient (Wildman–Crippen LogP) is 1.11. The number of hydrogen-bond donors (Lipinski definition) is 2. The summed E-state index contributed by atoms with van der Waals surface area (Å²) in [7, 11) is -3.36. The van der Waals surface area contributed by atoms with Crippen molar-refractivity contribution in [1.82, 2.24) is 4.37 Å². The average molecular weight is 303 g/mol. The molecule has 3 rings (SSSR count). The molecule has 0 radical (unpaired) electrons. The minimum Gasteiger partial charge on any atom is -0.382 e. The molecule has 2 heterocycles. The molecule has 2 atom stereocenters. The molecular formula is C11H17N3O3S2. The third kappa shape index (κ3) is 2.56. The highest BCUT2D eigenvalue weighted by atomic mass is 32.2. The van der Waals surface area contributed by atoms with E-state index in [0.717, 1.165) is 30.8 Å². The minimum absolute atomic E-state index is 0.0805. The Labute approximate surface area is 116 Å². The molecule has 8 heteroatoms. The van der Waals surface area contributed by atoms with E-state index >= 15 is 0 Å². The first-order chi connectivity index (χ1) is 8.97. The van der Waals surface area contributed by atoms with Crippen LogP contribution in [0.3, 0.4) is 0 Å². The van der Waals surface area contributed by atoms with Crippen molar-refractivity contribution in [3.05, 3.63) is 0 Å². The largest absolute Gasteiger partial charge is 0.382 e. The molecule has 1 aromatic rings. The van der Waals surface area contributed by atoms with Crippen molar-refractivity contribution in [1.29, 1.82) is 0 Å². The van der Waals surface area contributed by atoms with Crippen LogP contribution in [-0.2, 0) is 14.6 Å². The van der Waals surface area contributed by atoms with Crippen molar-refractivity contribution in [3.8, 4) is 0 Å². The fraction of sp³-hybridized carbons (Fsp3) is 0.727. The smallest absolute Gasteiger partial charge is 0.182 e. The number of nitrogens with zero attached hydrogens (tertiary/aromatic N) is 1. The van der Waals surface area contributed by atoms with E-state index < -0.39 is 9.84 Å². The first-order valence-electron chi connectivity index (χ1n) is 6.30. The molecule has 0 bridgehead atoms. The van der Waals surface area contributed by atoms with Crippen LogP contribution >= 0.6 is 11.5 Å². The van der Waals surface area contributed by atoms with E-state index in [0.29, 0.717) is 10.9 Å². The van der Waals surface area contributed by atoms with Crippen molar-refractivity contribution in [2.45, 2.75) is 36.3 Å². The zero-order valence-electron chi connectivity index (χ0n) is 10.6. The first kappa shape index (κ1) is 13.1. The molecule has 0 spiro atoms. The lowest BCUT2D eigenvalue weighted by atomic mass is 10.1. The molecule has 1 saturated carbocycles. The lowest BCUT2D eigenvalue weighted by molar-refractivity contribution is 0.0898. The number of anilines is 2. The summed E-state index contributed by atoms with van der Waals surface area (Å²) in [5.74, 6) is 0.698. The van der Waals surface area contributed by atoms with Gasteiger partial charge in [-0.1, -0.05) is 0 Å². The number of aromatic nitrogens is 1. The van der Waals surface area contributed by atoms with Gasteiger partial charge in [-0.3, -0.25) is 0 Å². The maximum absolute atomic E-state index is 11.8. The Morgan fingerprint density at radius 1 is 1.42 bits per heavy atom. The second kappa shape index (κ2) is 4.60. The second-order valence-corrected chi connectivity index (χ2v) is 7.94. The van der Waals surface area contributed by atoms with Gasteiger partial charge in [-0.05, 0) is 36.7 Å². The fourth-order valence-corrected chi connectivity index (χ4v) is 4.69. The van der Waals surface area contributed by atoms with Gasteiger partial charge in [0, 0.05) is 12.9 Å². The molecule has 19 heavy (non-hydrogen) atoms. The van der Waals surface area contributed by atoms with Gasteiger partial charge in [0.1, 0.15) is 9.90 Å². The topological polar surface area (TPSA) is 94.3 Å². The zero-order valence-corrected chi connectivity index (χ0v) is 12.3. The van der Waals surface area contributed by atoms with E-state index in [1.54, 1.807) is 0 Å². The first-order valence-corrected chi connectivity index (χ1v) is 8.96. The van der Waals surface area contributed by atoms with Gasteiger partial charge < -0.3 is 15.8 Å². The molecule has 2 fully saturated rings. The normalized spacial score (nSPS) is 27.6. The quantitative estimate of drug-likeness (QED) is 0.865. The summed E-state index contributed by atoms with van der Waals surface area (Å²) >= 11 is 1.10. The molecule has 0 aromatic carbocycles. The van der Waals surface area contributed by atoms with Gasteiger partial charge in [-0.25, -0.2) is 8.42 Å². The van der Waals surface area contributed by atoms with E-state index in [1.807, 2.05) is 0 Å². The van der Waals surface area contributed by atoms with Crippen LogP contribution < -0.4 is 11.1 Å². The molecule has 6 nitrogen and oxygen atoms in total. The Morgan fingerprint density at radius 2 is 2.16 bits per heavy atom. The number of sulfone groups is 1. The summed E-state index contributed by atoms with van der Waals surface area (Å²) in [5.41, 5.74) is 5.66. The molecule has 2 unspecified atom stereocenters. The monoisotopic (exact) mass is 303 g/mol. The van der Waals surface area contributed by atoms with Crippen molar-refractivity contribution >= 4 is 32.2 Å². The van der Waals surface area contributed by atoms with E-state index in [9.17, 15) is 8.42 Å². The summed E-state index contributed by atoms with van der Waals surface area (Å²) in [6.45, 7) is 0.724. The average Bonchev–Trinajstić information content (AvgIpc) is 2.94. The highest BCUT2D eigenvalue weighted by Crippen LogP contribution is 2.41. The fourth-order valence-electron chi connectivity index (χ4n) is 2.57. The Balaban J connectivity index is 1.83. The van der Waals surface area contributed by atoms with Gasteiger partial charge in [0.15, 0.2) is 15.7 Å². The van der Waals surface area contributed by atoms with Gasteiger partial charge in [0.2, 0.25) is 0 Å². The Bertz CT molecular complexity index is 580. The van der Waals surface area contributed by atoms with Gasteiger partial charge >= 0.3 is 0 Å². The van der Waals surface area contributed by atoms with Crippen LogP contribution in [0.15, 0.2) is 4.90 Å². The molecule has 1 saturated heterocycles. The number of ether oxygens (including phenoxy) is 1. The summed E-state index contributed by atoms with van der Waals surface area (Å²) < 4.78 is 33.2. The summed E-state index contributed by atoms with van der Waals surface area (Å²) in [4.78, 5) is 0.124. The number of nitrogens with two attached hydrogens (primary N) is 1. The lowest BCUT2D eigenvalue weighted by Crippen LogP contribution is -2.31. The predicted molar refractivity (Wildman–Crippen MR) is 74.1 cm³/mol. The second-order valence-electron chi connectivity index (χ2n) is 5.21. The molecular weight excluding hydrogens is 286 g/mol. The summed E-state index contributed by atoms with van der Waals surface area (Å²) in [5, 5.41) is 3.82. The summed E-state index contributed by atoms with van der Waals surface area (Å²) in [6.07, 6.45) is 4.64. The number of rotatable bonds is 4. The van der Waals surface area contributed by atoms with Crippen LogP contribution in [0.1, 0.15) is 19.3 Å². The third-order valence-corrected chi connectivity index (χ3v) is 5.66. The highest BCUT2D eigenvalue weighted by molar-refractivity contribution is 7.91. The minimum atomic E-state index is -3.36. The van der Waals surface area contributed by atoms with Gasteiger partial charge in [-0.15, -0.1) is 0 Å². The molecule has 1 aromatic heterocycles. The standard InChI is InChI=1S/C11H17N3O3S2/c1-19(15,16)9-10(12)14-18-11(9)13-7-4-5-17-8(7)6-2-3-6/h6-8,13H,2-5H2,1H3,(H2,12,14). The number of nitrogen functional groups attached to an aromatic ring is 1. The summed E-state index contributed by atoms with van der Waals surface area (Å²) in [6, 6.07) is 0.160. The number of nitrogens with one attached hydrogen (secondary N) is 1. The highest BCUT2D eigenvalue weighted by Gasteiger charge is 2.41. The van der Waals surface area contributed by atoms with Crippen LogP contribution in [0.4, 0.5) is 10.8 Å². The van der Waals surface area contributed by atoms with Crippen LogP contribution in [0.2, 0.25) is 0 Å². The van der Waals surface area contributed by atoms with E-state index in [4.69, 9.17) is 10.5 Å². The Kier molecular flexibility index (Phi) is 3.18. The van der Waals surface area contributed by atoms with Gasteiger partial charge in [0.25, 0.3) is 0 Å². The van der Waals surface area contributed by atoms with Crippen LogP contribution in [-0.4, -0.2) is 37.8 Å². The number of hydrogen-bond acceptors (Lipinski definition) is 7. The van der Waals surface area contributed by atoms with Crippen LogP contribution in [0, 0.1) is 5.92 Å². The van der Waals surface area contributed by atoms with Crippen molar-refractivity contribution in [3.63, 3.8) is 0 Å². The van der Waals surface area contributed by atoms with Crippen molar-refractivity contribution < 1.29 is 13.2 Å². The van der Waals surface area contributed by atoms with Crippen molar-refractivity contribution in [2.75, 3.05) is 23.9 Å². The Hall–Kier alpha value is -0.860. The Morgan fingerprint density at radius 3 is 2.79 bits per heavy atom. The molecule has 2 aliphatic rings. The molecule has 0 amide bonds. The van der Waals surface area contributed by atoms with Crippen molar-refractivity contribution in [2.24, 2.45) is 5.92 Å². The zero-order chi connectivity index (χ0) is 13.6. The SMILES string of the molecule is CS(=O)(=O)c1c(N)nsc1NC1CCOC1C1CC1. The van der Waals surface area contributed by atoms with Crippen LogP contribution in [0.5, 0.6) is 0 Å². The van der Waals surface area contributed by atoms with Gasteiger partial charge in [0.05, 0.1) is 12.1 Å². The molecule has 106 valence electrons. The molecule has 1 aliphatic carbocycles. The maximum Gasteiger partial charge on any atom is 0.182 e. The van der Waals surface area contributed by atoms with Gasteiger partial charge in [-0.2, -0.15) is 4.37 Å². The maximum atomic E-state index is 11.8. The van der Waals surface area contributed by atoms with E-state index in [-0.39, 0.29) is 22.9 Å².